The van der Waals surface area contributed by atoms with Gasteiger partial charge >= 0.3 is 11.2 Å². The monoisotopic (exact) mass is 1400 g/mol. The summed E-state index contributed by atoms with van der Waals surface area (Å²) in [4.78, 5) is 66.0. The molecule has 3 aliphatic heterocycles. The molecule has 0 fully saturated rings. The molecule has 102 heavy (non-hydrogen) atoms. The lowest BCUT2D eigenvalue weighted by Gasteiger charge is -2.35. The molecule has 4 aliphatic rings. The number of carbonyl (C=O) groups excluding carboxylic acids is 4. The molecular formula is C82H74N6O12S2. The van der Waals surface area contributed by atoms with Crippen molar-refractivity contribution in [2.75, 3.05) is 59.1 Å². The topological polar surface area (TPSA) is 226 Å². The van der Waals surface area contributed by atoms with Gasteiger partial charge in [0, 0.05) is 83.0 Å². The first-order valence-corrected chi connectivity index (χ1v) is 36.9. The van der Waals surface area contributed by atoms with Crippen LogP contribution in [0.15, 0.2) is 232 Å². The zero-order chi connectivity index (χ0) is 71.5. The molecule has 1 unspecified atom stereocenters. The van der Waals surface area contributed by atoms with Crippen molar-refractivity contribution in [3.63, 3.8) is 0 Å². The second kappa shape index (κ2) is 27.5. The average Bonchev–Trinajstić information content (AvgIpc) is 0.972. The Hall–Kier alpha value is -11.0. The first-order chi connectivity index (χ1) is 49.1. The molecule has 0 saturated heterocycles. The quantitative estimate of drug-likeness (QED) is 0.0191. The summed E-state index contributed by atoms with van der Waals surface area (Å²) in [6.45, 7) is 14.6. The number of ether oxygens (including phenoxy) is 1. The summed E-state index contributed by atoms with van der Waals surface area (Å²) in [7, 11) is -9.90. The fraction of sp³-hybridized carbons (Fsp3) is 0.207. The first-order valence-electron chi connectivity index (χ1n) is 34.1. The Kier molecular flexibility index (Phi) is 18.4. The van der Waals surface area contributed by atoms with Crippen molar-refractivity contribution in [3.8, 4) is 16.9 Å². The Morgan fingerprint density at radius 2 is 0.873 bits per heavy atom. The third-order valence-electron chi connectivity index (χ3n) is 19.9. The molecule has 0 bridgehead atoms. The molecule has 0 saturated carbocycles. The van der Waals surface area contributed by atoms with Crippen LogP contribution in [0.5, 0.6) is 5.75 Å². The number of aryl methyl sites for hydroxylation is 4. The van der Waals surface area contributed by atoms with Gasteiger partial charge in [-0.1, -0.05) is 110 Å². The van der Waals surface area contributed by atoms with Crippen molar-refractivity contribution >= 4 is 99.8 Å². The van der Waals surface area contributed by atoms with E-state index < -0.39 is 50.0 Å². The van der Waals surface area contributed by atoms with Crippen molar-refractivity contribution < 1.29 is 54.3 Å². The Balaban J connectivity index is 0.719. The van der Waals surface area contributed by atoms with Crippen molar-refractivity contribution in [1.82, 2.24) is 9.80 Å². The number of benzene rings is 9. The molecule has 1 aliphatic carbocycles. The minimum Gasteiger partial charge on any atom is -0.744 e. The van der Waals surface area contributed by atoms with Crippen LogP contribution in [0.3, 0.4) is 0 Å². The molecule has 1 aromatic heterocycles. The van der Waals surface area contributed by atoms with E-state index in [1.165, 1.54) is 34.1 Å². The standard InChI is InChI=1S/C82H74N6O12S2/c1-7-83(55-35-39-63-69(45-55)99-71-47-57(37-41-65(71)75(63)67-31-15-17-33-73(67)101(93,94)95)85(77-51(3)23-21-24-52(77)4)49-87-79(89)59-27-11-12-28-60(59)80(87)90)43-19-9-10-20-44-84(8-2)56-36-40-64-70(46-56)100-72-48-58(38-42-66(72)76(64)68-32-16-18-34-74(68)102(96,97)98)86(78-53(5)25-22-26-54(78)6)50-88-81(91)61-29-13-14-30-62(61)82(88)92/h11-18,21-42,45-48,71H,7-10,19-20,43-44,49-50H2,1-6H3,(H-,93,94,95,96,97,98). The summed E-state index contributed by atoms with van der Waals surface area (Å²) in [6, 6.07) is 55.1. The van der Waals surface area contributed by atoms with Gasteiger partial charge in [0.25, 0.3) is 29.4 Å². The fourth-order valence-electron chi connectivity index (χ4n) is 15.0. The summed E-state index contributed by atoms with van der Waals surface area (Å²) in [6.07, 6.45) is 8.61. The third-order valence-corrected chi connectivity index (χ3v) is 21.7. The number of carbonyl (C=O) groups is 4. The highest BCUT2D eigenvalue weighted by atomic mass is 32.2. The van der Waals surface area contributed by atoms with Crippen LogP contribution in [0.2, 0.25) is 0 Å². The number of nitrogens with zero attached hydrogens (tertiary/aromatic N) is 6. The second-order valence-corrected chi connectivity index (χ2v) is 28.8. The molecule has 9 aromatic carbocycles. The SMILES string of the molecule is CCN(CCCCCCN(CC)c1ccc2c(-c3ccccc3S(=O)(=O)[O-])c3ccc(N(CN4C(=O)c5ccccc5C4=O)c4c(C)cccc4C)cc3[o+]c2c1)c1ccc2c(c1)[OH+]C1C=C(N(CN3C(=O)c4ccccc4C3=O)c3c(C)cccc3C)C=CC1=C2c1ccccc1S(=O)(=O)[O-]. The van der Waals surface area contributed by atoms with Crippen LogP contribution in [-0.2, 0) is 20.2 Å². The summed E-state index contributed by atoms with van der Waals surface area (Å²) in [5.74, 6) is -1.02. The van der Waals surface area contributed by atoms with Gasteiger partial charge in [0.15, 0.2) is 0 Å². The van der Waals surface area contributed by atoms with Gasteiger partial charge < -0.3 is 33.4 Å². The number of hydrogen-bond acceptors (Lipinski definition) is 14. The van der Waals surface area contributed by atoms with E-state index in [1.807, 2.05) is 147 Å². The van der Waals surface area contributed by atoms with Gasteiger partial charge in [0.2, 0.25) is 6.10 Å². The highest BCUT2D eigenvalue weighted by Crippen LogP contribution is 2.48. The van der Waals surface area contributed by atoms with Crippen molar-refractivity contribution in [2.24, 2.45) is 0 Å². The molecule has 20 heteroatoms. The van der Waals surface area contributed by atoms with Crippen LogP contribution in [-0.4, -0.2) is 110 Å². The zero-order valence-electron chi connectivity index (χ0n) is 57.2. The number of allylic oxidation sites excluding steroid dienone is 1. The molecule has 18 nitrogen and oxygen atoms in total. The van der Waals surface area contributed by atoms with Gasteiger partial charge in [-0.25, -0.2) is 21.3 Å². The van der Waals surface area contributed by atoms with Gasteiger partial charge in [-0.3, -0.25) is 29.0 Å². The number of amides is 4. The van der Waals surface area contributed by atoms with Crippen LogP contribution >= 0.6 is 0 Å². The van der Waals surface area contributed by atoms with Crippen molar-refractivity contribution in [2.45, 2.75) is 83.1 Å². The smallest absolute Gasteiger partial charge is 0.363 e. The third kappa shape index (κ3) is 12.6. The Morgan fingerprint density at radius 1 is 0.451 bits per heavy atom. The number of hydrogen-bond donors (Lipinski definition) is 0. The molecule has 1 atom stereocenters. The molecule has 14 rings (SSSR count). The van der Waals surface area contributed by atoms with Crippen molar-refractivity contribution in [3.05, 3.63) is 273 Å². The molecule has 10 aromatic rings. The van der Waals surface area contributed by atoms with E-state index >= 15 is 0 Å². The van der Waals surface area contributed by atoms with E-state index in [-0.39, 0.29) is 34.3 Å². The fourth-order valence-corrected chi connectivity index (χ4v) is 16.4. The number of aromatic hydroxyl groups is 1. The van der Waals surface area contributed by atoms with E-state index in [1.54, 1.807) is 72.8 Å². The van der Waals surface area contributed by atoms with Crippen molar-refractivity contribution in [1.29, 1.82) is 0 Å². The Bertz CT molecular complexity index is 5360. The number of aliphatic hydroxyl groups is 1. The van der Waals surface area contributed by atoms with Crippen LogP contribution < -0.4 is 19.6 Å². The second-order valence-electron chi connectivity index (χ2n) is 26.1. The number of fused-ring (bicyclic) bond motifs is 6. The maximum Gasteiger partial charge on any atom is 0.363 e. The first kappa shape index (κ1) is 68.1. The summed E-state index contributed by atoms with van der Waals surface area (Å²) in [5, 5.41) is 1.13. The number of anilines is 5. The molecule has 516 valence electrons. The lowest BCUT2D eigenvalue weighted by Crippen LogP contribution is -2.42. The predicted molar refractivity (Wildman–Crippen MR) is 395 cm³/mol. The maximum atomic E-state index is 14.0. The van der Waals surface area contributed by atoms with E-state index in [0.717, 1.165) is 77.2 Å². The van der Waals surface area contributed by atoms with Gasteiger partial charge in [-0.05, 0) is 162 Å². The van der Waals surface area contributed by atoms with E-state index in [4.69, 9.17) is 9.15 Å². The highest BCUT2D eigenvalue weighted by molar-refractivity contribution is 7.86. The lowest BCUT2D eigenvalue weighted by molar-refractivity contribution is 0.0376. The maximum absolute atomic E-state index is 14.0. The number of imide groups is 2. The van der Waals surface area contributed by atoms with Crippen LogP contribution in [0.4, 0.5) is 28.4 Å². The molecule has 0 spiro atoms. The molecule has 1 N–H and O–H groups in total. The van der Waals surface area contributed by atoms with E-state index in [0.29, 0.717) is 103 Å². The van der Waals surface area contributed by atoms with Gasteiger partial charge in [0.05, 0.1) is 77.8 Å². The van der Waals surface area contributed by atoms with E-state index in [9.17, 15) is 45.1 Å². The lowest BCUT2D eigenvalue weighted by atomic mass is 9.85. The number of rotatable bonds is 23. The van der Waals surface area contributed by atoms with Crippen LogP contribution in [0.25, 0.3) is 38.6 Å². The van der Waals surface area contributed by atoms with Gasteiger partial charge in [-0.15, -0.1) is 0 Å². The Morgan fingerprint density at radius 3 is 1.37 bits per heavy atom. The summed E-state index contributed by atoms with van der Waals surface area (Å²) in [5.41, 5.74) is 13.3. The summed E-state index contributed by atoms with van der Waals surface area (Å²) < 4.78 is 90.5. The zero-order valence-corrected chi connectivity index (χ0v) is 58.8. The summed E-state index contributed by atoms with van der Waals surface area (Å²) >= 11 is 0. The van der Waals surface area contributed by atoms with Crippen LogP contribution in [0.1, 0.15) is 114 Å². The molecule has 0 radical (unpaired) electrons. The molecular weight excluding hydrogens is 1330 g/mol. The number of unbranched alkanes of at least 4 members (excludes halogenated alkanes) is 3. The van der Waals surface area contributed by atoms with Gasteiger partial charge in [0.1, 0.15) is 33.6 Å². The number of para-hydroxylation sites is 2. The molecule has 4 heterocycles. The normalized spacial score (nSPS) is 14.8. The minimum absolute atomic E-state index is 0.0970. The largest absolute Gasteiger partial charge is 0.744 e. The molecule has 4 amide bonds. The Labute approximate surface area is 592 Å². The predicted octanol–water partition coefficient (Wildman–Crippen LogP) is 15.5. The highest BCUT2D eigenvalue weighted by Gasteiger charge is 2.41. The van der Waals surface area contributed by atoms with Gasteiger partial charge in [-0.2, -0.15) is 0 Å². The van der Waals surface area contributed by atoms with Crippen LogP contribution in [0, 0.1) is 27.7 Å². The average molecular weight is 1400 g/mol. The minimum atomic E-state index is -4.96. The van der Waals surface area contributed by atoms with E-state index in [2.05, 4.69) is 23.6 Å².